The van der Waals surface area contributed by atoms with Gasteiger partial charge in [-0.3, -0.25) is 0 Å². The molecule has 1 aromatic heterocycles. The van der Waals surface area contributed by atoms with E-state index in [-0.39, 0.29) is 6.04 Å². The standard InChI is InChI=1S/C14H24N2O2S2/c1-5-16(12-6-7-12)20(17,18)14-8-13(19-11(14)4)9-15-10(2)3/h8,10,12,15H,5-7,9H2,1-4H3. The van der Waals surface area contributed by atoms with Gasteiger partial charge in [0, 0.05) is 34.9 Å². The van der Waals surface area contributed by atoms with Crippen molar-refractivity contribution in [2.45, 2.75) is 64.1 Å². The van der Waals surface area contributed by atoms with Gasteiger partial charge in [0.15, 0.2) is 0 Å². The minimum atomic E-state index is -3.32. The van der Waals surface area contributed by atoms with Crippen molar-refractivity contribution in [1.29, 1.82) is 0 Å². The van der Waals surface area contributed by atoms with Gasteiger partial charge in [0.2, 0.25) is 10.0 Å². The molecule has 6 heteroatoms. The Hall–Kier alpha value is -0.430. The molecule has 0 bridgehead atoms. The fraction of sp³-hybridized carbons (Fsp3) is 0.714. The van der Waals surface area contributed by atoms with Gasteiger partial charge in [0.05, 0.1) is 4.90 Å². The van der Waals surface area contributed by atoms with Gasteiger partial charge >= 0.3 is 0 Å². The maximum Gasteiger partial charge on any atom is 0.244 e. The van der Waals surface area contributed by atoms with Gasteiger partial charge in [0.1, 0.15) is 0 Å². The minimum absolute atomic E-state index is 0.224. The minimum Gasteiger partial charge on any atom is -0.310 e. The summed E-state index contributed by atoms with van der Waals surface area (Å²) in [5.41, 5.74) is 0. The lowest BCUT2D eigenvalue weighted by Crippen LogP contribution is -2.33. The van der Waals surface area contributed by atoms with Gasteiger partial charge in [-0.25, -0.2) is 8.42 Å². The molecule has 1 aliphatic carbocycles. The molecule has 1 aromatic rings. The molecule has 4 nitrogen and oxygen atoms in total. The highest BCUT2D eigenvalue weighted by Gasteiger charge is 2.38. The highest BCUT2D eigenvalue weighted by atomic mass is 32.2. The predicted molar refractivity (Wildman–Crippen MR) is 83.6 cm³/mol. The van der Waals surface area contributed by atoms with E-state index < -0.39 is 10.0 Å². The summed E-state index contributed by atoms with van der Waals surface area (Å²) in [4.78, 5) is 2.48. The van der Waals surface area contributed by atoms with E-state index in [4.69, 9.17) is 0 Å². The summed E-state index contributed by atoms with van der Waals surface area (Å²) in [5, 5.41) is 3.33. The van der Waals surface area contributed by atoms with Gasteiger partial charge in [-0.2, -0.15) is 4.31 Å². The SMILES string of the molecule is CCN(C1CC1)S(=O)(=O)c1cc(CNC(C)C)sc1C. The molecule has 0 saturated heterocycles. The Balaban J connectivity index is 2.22. The molecule has 2 rings (SSSR count). The van der Waals surface area contributed by atoms with Crippen LogP contribution in [0, 0.1) is 6.92 Å². The molecule has 0 unspecified atom stereocenters. The average Bonchev–Trinajstić information content (AvgIpc) is 3.09. The topological polar surface area (TPSA) is 49.4 Å². The van der Waals surface area contributed by atoms with Crippen LogP contribution in [-0.4, -0.2) is 31.4 Å². The van der Waals surface area contributed by atoms with Crippen molar-refractivity contribution < 1.29 is 8.42 Å². The maximum atomic E-state index is 12.7. The number of nitrogens with one attached hydrogen (secondary N) is 1. The number of nitrogens with zero attached hydrogens (tertiary/aromatic N) is 1. The number of sulfonamides is 1. The summed E-state index contributed by atoms with van der Waals surface area (Å²) in [7, 11) is -3.32. The predicted octanol–water partition coefficient (Wildman–Crippen LogP) is 2.73. The highest BCUT2D eigenvalue weighted by molar-refractivity contribution is 7.89. The van der Waals surface area contributed by atoms with Gasteiger partial charge in [-0.15, -0.1) is 11.3 Å². The Labute approximate surface area is 126 Å². The average molecular weight is 316 g/mol. The summed E-state index contributed by atoms with van der Waals surface area (Å²) in [5.74, 6) is 0. The Morgan fingerprint density at radius 2 is 2.10 bits per heavy atom. The Bertz CT molecular complexity index is 560. The summed E-state index contributed by atoms with van der Waals surface area (Å²) in [6, 6.07) is 2.47. The quantitative estimate of drug-likeness (QED) is 0.841. The van der Waals surface area contributed by atoms with Crippen LogP contribution in [0.3, 0.4) is 0 Å². The molecule has 1 heterocycles. The van der Waals surface area contributed by atoms with Crippen LogP contribution >= 0.6 is 11.3 Å². The van der Waals surface area contributed by atoms with E-state index in [9.17, 15) is 8.42 Å². The zero-order valence-corrected chi connectivity index (χ0v) is 14.3. The van der Waals surface area contributed by atoms with Gasteiger partial charge in [0.25, 0.3) is 0 Å². The summed E-state index contributed by atoms with van der Waals surface area (Å²) in [6.45, 7) is 9.28. The smallest absolute Gasteiger partial charge is 0.244 e. The van der Waals surface area contributed by atoms with Crippen molar-refractivity contribution in [3.63, 3.8) is 0 Å². The van der Waals surface area contributed by atoms with Crippen molar-refractivity contribution in [3.05, 3.63) is 15.8 Å². The van der Waals surface area contributed by atoms with Crippen LogP contribution in [0.4, 0.5) is 0 Å². The molecule has 1 saturated carbocycles. The highest BCUT2D eigenvalue weighted by Crippen LogP contribution is 2.35. The summed E-state index contributed by atoms with van der Waals surface area (Å²) in [6.07, 6.45) is 2.00. The van der Waals surface area contributed by atoms with Crippen molar-refractivity contribution >= 4 is 21.4 Å². The Morgan fingerprint density at radius 1 is 1.45 bits per heavy atom. The second-order valence-corrected chi connectivity index (χ2v) is 8.81. The third kappa shape index (κ3) is 3.42. The number of rotatable bonds is 7. The molecule has 114 valence electrons. The van der Waals surface area contributed by atoms with Gasteiger partial charge < -0.3 is 5.32 Å². The Kier molecular flexibility index (Phi) is 4.89. The first kappa shape index (κ1) is 15.9. The van der Waals surface area contributed by atoms with E-state index >= 15 is 0 Å². The first-order valence-electron chi connectivity index (χ1n) is 7.20. The lowest BCUT2D eigenvalue weighted by Gasteiger charge is -2.19. The molecular weight excluding hydrogens is 292 g/mol. The second kappa shape index (κ2) is 6.13. The van der Waals surface area contributed by atoms with Crippen LogP contribution in [0.5, 0.6) is 0 Å². The number of hydrogen-bond acceptors (Lipinski definition) is 4. The second-order valence-electron chi connectivity index (χ2n) is 5.61. The van der Waals surface area contributed by atoms with Gasteiger partial charge in [-0.05, 0) is 25.8 Å². The molecule has 20 heavy (non-hydrogen) atoms. The van der Waals surface area contributed by atoms with E-state index in [1.165, 1.54) is 0 Å². The molecule has 1 N–H and O–H groups in total. The molecule has 0 atom stereocenters. The van der Waals surface area contributed by atoms with E-state index in [0.29, 0.717) is 17.5 Å². The molecule has 0 aromatic carbocycles. The van der Waals surface area contributed by atoms with Crippen molar-refractivity contribution in [2.75, 3.05) is 6.54 Å². The third-order valence-corrected chi connectivity index (χ3v) is 6.79. The zero-order chi connectivity index (χ0) is 14.9. The summed E-state index contributed by atoms with van der Waals surface area (Å²) < 4.78 is 27.1. The fourth-order valence-corrected chi connectivity index (χ4v) is 5.54. The molecular formula is C14H24N2O2S2. The lowest BCUT2D eigenvalue weighted by molar-refractivity contribution is 0.421. The maximum absolute atomic E-state index is 12.7. The first-order chi connectivity index (χ1) is 9.36. The largest absolute Gasteiger partial charge is 0.310 e. The van der Waals surface area contributed by atoms with E-state index in [2.05, 4.69) is 19.2 Å². The molecule has 1 aliphatic rings. The monoisotopic (exact) mass is 316 g/mol. The van der Waals surface area contributed by atoms with Crippen molar-refractivity contribution in [2.24, 2.45) is 0 Å². The van der Waals surface area contributed by atoms with Crippen LogP contribution in [0.15, 0.2) is 11.0 Å². The van der Waals surface area contributed by atoms with Crippen LogP contribution in [0.2, 0.25) is 0 Å². The van der Waals surface area contributed by atoms with Crippen LogP contribution in [0.25, 0.3) is 0 Å². The summed E-state index contributed by atoms with van der Waals surface area (Å²) >= 11 is 1.57. The molecule has 1 fully saturated rings. The number of aryl methyl sites for hydroxylation is 1. The Morgan fingerprint density at radius 3 is 2.60 bits per heavy atom. The molecule has 0 spiro atoms. The van der Waals surface area contributed by atoms with Crippen LogP contribution < -0.4 is 5.32 Å². The number of hydrogen-bond donors (Lipinski definition) is 1. The van der Waals surface area contributed by atoms with Crippen LogP contribution in [-0.2, 0) is 16.6 Å². The lowest BCUT2D eigenvalue weighted by atomic mass is 10.3. The van der Waals surface area contributed by atoms with Gasteiger partial charge in [-0.1, -0.05) is 20.8 Å². The molecule has 0 amide bonds. The normalized spacial score (nSPS) is 16.3. The molecule has 0 aliphatic heterocycles. The van der Waals surface area contributed by atoms with E-state index in [1.54, 1.807) is 15.6 Å². The van der Waals surface area contributed by atoms with Crippen LogP contribution in [0.1, 0.15) is 43.4 Å². The first-order valence-corrected chi connectivity index (χ1v) is 9.46. The third-order valence-electron chi connectivity index (χ3n) is 3.46. The fourth-order valence-electron chi connectivity index (χ4n) is 2.29. The zero-order valence-electron chi connectivity index (χ0n) is 12.6. The number of thiophene rings is 1. The van der Waals surface area contributed by atoms with Crippen molar-refractivity contribution in [3.8, 4) is 0 Å². The van der Waals surface area contributed by atoms with Crippen molar-refractivity contribution in [1.82, 2.24) is 9.62 Å². The van der Waals surface area contributed by atoms with E-state index in [1.807, 2.05) is 19.9 Å². The molecule has 0 radical (unpaired) electrons. The van der Waals surface area contributed by atoms with E-state index in [0.717, 1.165) is 29.1 Å².